The number of ether oxygens (including phenoxy) is 1. The van der Waals surface area contributed by atoms with Gasteiger partial charge < -0.3 is 14.7 Å². The van der Waals surface area contributed by atoms with Crippen LogP contribution in [-0.4, -0.2) is 41.9 Å². The van der Waals surface area contributed by atoms with Gasteiger partial charge in [0.05, 0.1) is 6.54 Å². The molecule has 80 valence electrons. The minimum atomic E-state index is -0.490. The van der Waals surface area contributed by atoms with E-state index in [9.17, 15) is 4.79 Å². The summed E-state index contributed by atoms with van der Waals surface area (Å²) in [6, 6.07) is 0. The number of carbonyl (C=O) groups excluding carboxylic acids is 1. The van der Waals surface area contributed by atoms with Crippen LogP contribution in [0, 0.1) is 11.8 Å². The maximum atomic E-state index is 11.3. The van der Waals surface area contributed by atoms with Crippen LogP contribution in [0.2, 0.25) is 0 Å². The summed E-state index contributed by atoms with van der Waals surface area (Å²) < 4.78 is 5.09. The zero-order valence-corrected chi connectivity index (χ0v) is 9.13. The van der Waals surface area contributed by atoms with Crippen LogP contribution in [0.5, 0.6) is 0 Å². The second-order valence-corrected chi connectivity index (χ2v) is 3.85. The van der Waals surface area contributed by atoms with Gasteiger partial charge in [-0.15, -0.1) is 0 Å². The summed E-state index contributed by atoms with van der Waals surface area (Å²) in [7, 11) is 1.60. The highest BCUT2D eigenvalue weighted by Crippen LogP contribution is 2.08. The van der Waals surface area contributed by atoms with Crippen molar-refractivity contribution >= 4 is 6.09 Å². The Bertz CT molecular complexity index is 244. The molecule has 0 aromatic rings. The van der Waals surface area contributed by atoms with Crippen molar-refractivity contribution in [3.8, 4) is 11.8 Å². The molecule has 0 aliphatic rings. The third kappa shape index (κ3) is 6.32. The van der Waals surface area contributed by atoms with Gasteiger partial charge in [-0.1, -0.05) is 11.8 Å². The largest absolute Gasteiger partial charge is 0.444 e. The van der Waals surface area contributed by atoms with Crippen molar-refractivity contribution in [2.75, 3.05) is 20.2 Å². The fourth-order valence-electron chi connectivity index (χ4n) is 0.635. The van der Waals surface area contributed by atoms with E-state index in [4.69, 9.17) is 9.84 Å². The van der Waals surface area contributed by atoms with Crippen molar-refractivity contribution in [3.05, 3.63) is 0 Å². The summed E-state index contributed by atoms with van der Waals surface area (Å²) in [5.74, 6) is 5.08. The maximum absolute atomic E-state index is 11.3. The fourth-order valence-corrected chi connectivity index (χ4v) is 0.635. The molecule has 0 aliphatic carbocycles. The van der Waals surface area contributed by atoms with Gasteiger partial charge in [0, 0.05) is 7.05 Å². The van der Waals surface area contributed by atoms with E-state index in [0.717, 1.165) is 0 Å². The van der Waals surface area contributed by atoms with Gasteiger partial charge >= 0.3 is 6.09 Å². The molecular weight excluding hydrogens is 182 g/mol. The first-order valence-electron chi connectivity index (χ1n) is 4.37. The standard InChI is InChI=1S/C10H17NO3/c1-10(2,3)14-9(13)11(4)7-5-6-8-12/h12H,7-8H2,1-4H3. The third-order valence-electron chi connectivity index (χ3n) is 1.23. The van der Waals surface area contributed by atoms with E-state index in [0.29, 0.717) is 0 Å². The van der Waals surface area contributed by atoms with Gasteiger partial charge in [-0.3, -0.25) is 0 Å². The first-order valence-corrected chi connectivity index (χ1v) is 4.37. The predicted molar refractivity (Wildman–Crippen MR) is 53.7 cm³/mol. The Hall–Kier alpha value is -1.21. The minimum absolute atomic E-state index is 0.192. The molecule has 0 aliphatic heterocycles. The van der Waals surface area contributed by atoms with Gasteiger partial charge in [-0.25, -0.2) is 4.79 Å². The van der Waals surface area contributed by atoms with E-state index >= 15 is 0 Å². The van der Waals surface area contributed by atoms with Crippen molar-refractivity contribution in [2.45, 2.75) is 26.4 Å². The molecule has 0 unspecified atom stereocenters. The van der Waals surface area contributed by atoms with Crippen molar-refractivity contribution in [2.24, 2.45) is 0 Å². The number of amides is 1. The van der Waals surface area contributed by atoms with Crippen molar-refractivity contribution in [3.63, 3.8) is 0 Å². The zero-order chi connectivity index (χ0) is 11.2. The van der Waals surface area contributed by atoms with Crippen LogP contribution < -0.4 is 0 Å². The molecule has 0 heterocycles. The molecule has 0 fully saturated rings. The van der Waals surface area contributed by atoms with Crippen LogP contribution in [-0.2, 0) is 4.74 Å². The number of hydrogen-bond donors (Lipinski definition) is 1. The maximum Gasteiger partial charge on any atom is 0.410 e. The van der Waals surface area contributed by atoms with E-state index in [-0.39, 0.29) is 13.2 Å². The van der Waals surface area contributed by atoms with Gasteiger partial charge in [0.25, 0.3) is 0 Å². The van der Waals surface area contributed by atoms with Crippen LogP contribution in [0.15, 0.2) is 0 Å². The van der Waals surface area contributed by atoms with Crippen LogP contribution in [0.1, 0.15) is 20.8 Å². The summed E-state index contributed by atoms with van der Waals surface area (Å²) in [5.41, 5.74) is -0.490. The molecule has 4 heteroatoms. The molecule has 4 nitrogen and oxygen atoms in total. The molecule has 0 atom stereocenters. The van der Waals surface area contributed by atoms with Gasteiger partial charge in [0.15, 0.2) is 0 Å². The lowest BCUT2D eigenvalue weighted by molar-refractivity contribution is 0.0321. The molecule has 1 N–H and O–H groups in total. The van der Waals surface area contributed by atoms with E-state index in [1.807, 2.05) is 0 Å². The molecule has 0 spiro atoms. The topological polar surface area (TPSA) is 49.8 Å². The molecular formula is C10H17NO3. The second kappa shape index (κ2) is 5.51. The van der Waals surface area contributed by atoms with E-state index in [1.54, 1.807) is 27.8 Å². The number of hydrogen-bond acceptors (Lipinski definition) is 3. The molecule has 0 saturated heterocycles. The first kappa shape index (κ1) is 12.8. The molecule has 0 radical (unpaired) electrons. The Kier molecular flexibility index (Phi) is 5.03. The second-order valence-electron chi connectivity index (χ2n) is 3.85. The number of aliphatic hydroxyl groups excluding tert-OH is 1. The third-order valence-corrected chi connectivity index (χ3v) is 1.23. The number of rotatable bonds is 1. The van der Waals surface area contributed by atoms with Crippen LogP contribution in [0.25, 0.3) is 0 Å². The number of nitrogens with zero attached hydrogens (tertiary/aromatic N) is 1. The lowest BCUT2D eigenvalue weighted by atomic mass is 10.2. The quantitative estimate of drug-likeness (QED) is 0.637. The summed E-state index contributed by atoms with van der Waals surface area (Å²) in [4.78, 5) is 12.7. The average Bonchev–Trinajstić information content (AvgIpc) is 2.01. The van der Waals surface area contributed by atoms with Crippen LogP contribution in [0.4, 0.5) is 4.79 Å². The number of carbonyl (C=O) groups is 1. The van der Waals surface area contributed by atoms with Gasteiger partial charge in [0.2, 0.25) is 0 Å². The van der Waals surface area contributed by atoms with E-state index in [2.05, 4.69) is 11.8 Å². The molecule has 0 rings (SSSR count). The van der Waals surface area contributed by atoms with E-state index < -0.39 is 11.7 Å². The highest BCUT2D eigenvalue weighted by Gasteiger charge is 2.18. The predicted octanol–water partition coefficient (Wildman–Crippen LogP) is 0.849. The smallest absolute Gasteiger partial charge is 0.410 e. The number of aliphatic hydroxyl groups is 1. The fraction of sp³-hybridized carbons (Fsp3) is 0.700. The molecule has 0 bridgehead atoms. The monoisotopic (exact) mass is 199 g/mol. The van der Waals surface area contributed by atoms with Crippen molar-refractivity contribution < 1.29 is 14.6 Å². The zero-order valence-electron chi connectivity index (χ0n) is 9.13. The molecule has 0 aromatic heterocycles. The SMILES string of the molecule is CN(CC#CCO)C(=O)OC(C)(C)C. The van der Waals surface area contributed by atoms with Gasteiger partial charge in [-0.2, -0.15) is 0 Å². The summed E-state index contributed by atoms with van der Waals surface area (Å²) in [6.07, 6.45) is -0.412. The van der Waals surface area contributed by atoms with Crippen molar-refractivity contribution in [1.82, 2.24) is 4.90 Å². The summed E-state index contributed by atoms with van der Waals surface area (Å²) in [6.45, 7) is 5.48. The van der Waals surface area contributed by atoms with E-state index in [1.165, 1.54) is 4.90 Å². The molecule has 0 saturated carbocycles. The lowest BCUT2D eigenvalue weighted by Crippen LogP contribution is -2.34. The Labute approximate surface area is 84.9 Å². The highest BCUT2D eigenvalue weighted by atomic mass is 16.6. The first-order chi connectivity index (χ1) is 6.37. The minimum Gasteiger partial charge on any atom is -0.444 e. The molecule has 14 heavy (non-hydrogen) atoms. The normalized spacial score (nSPS) is 10.1. The van der Waals surface area contributed by atoms with Crippen molar-refractivity contribution in [1.29, 1.82) is 0 Å². The summed E-state index contributed by atoms with van der Waals surface area (Å²) >= 11 is 0. The summed E-state index contributed by atoms with van der Waals surface area (Å²) in [5, 5.41) is 8.40. The Morgan fingerprint density at radius 1 is 1.43 bits per heavy atom. The Morgan fingerprint density at radius 3 is 2.43 bits per heavy atom. The van der Waals surface area contributed by atoms with Crippen LogP contribution in [0.3, 0.4) is 0 Å². The highest BCUT2D eigenvalue weighted by molar-refractivity contribution is 5.68. The molecule has 1 amide bonds. The van der Waals surface area contributed by atoms with Gasteiger partial charge in [0.1, 0.15) is 12.2 Å². The van der Waals surface area contributed by atoms with Crippen LogP contribution >= 0.6 is 0 Å². The van der Waals surface area contributed by atoms with Gasteiger partial charge in [-0.05, 0) is 20.8 Å². The Balaban J connectivity index is 4.00. The average molecular weight is 199 g/mol. The molecule has 0 aromatic carbocycles. The lowest BCUT2D eigenvalue weighted by Gasteiger charge is -2.23. The Morgan fingerprint density at radius 2 is 2.00 bits per heavy atom.